The maximum Gasteiger partial charge on any atom is 0.253 e. The van der Waals surface area contributed by atoms with Crippen LogP contribution in [0.1, 0.15) is 16.7 Å². The van der Waals surface area contributed by atoms with Gasteiger partial charge in [0.1, 0.15) is 17.8 Å². The lowest BCUT2D eigenvalue weighted by atomic mass is 10.0. The number of halogens is 3. The molecule has 5 nitrogen and oxygen atoms in total. The summed E-state index contributed by atoms with van der Waals surface area (Å²) in [7, 11) is 0. The molecule has 0 fully saturated rings. The van der Waals surface area contributed by atoms with Gasteiger partial charge in [-0.25, -0.2) is 9.37 Å². The number of hydrogen-bond donors (Lipinski definition) is 3. The number of nitrogens with one attached hydrogen (secondary N) is 1. The minimum atomic E-state index is -1.32. The largest absolute Gasteiger partial charge is 0.386 e. The van der Waals surface area contributed by atoms with E-state index in [0.29, 0.717) is 12.1 Å². The number of rotatable bonds is 7. The minimum absolute atomic E-state index is 0.376. The first-order chi connectivity index (χ1) is 11.5. The topological polar surface area (TPSA) is 88.2 Å². The quantitative estimate of drug-likeness (QED) is 0.632. The van der Waals surface area contributed by atoms with Gasteiger partial charge < -0.3 is 16.2 Å². The van der Waals surface area contributed by atoms with Gasteiger partial charge in [-0.15, -0.1) is 11.3 Å². The summed E-state index contributed by atoms with van der Waals surface area (Å²) in [5.41, 5.74) is 6.91. The second-order valence-corrected chi connectivity index (χ2v) is 7.17. The van der Waals surface area contributed by atoms with E-state index in [0.717, 1.165) is 15.4 Å². The highest BCUT2D eigenvalue weighted by Crippen LogP contribution is 2.28. The Balaban J connectivity index is 2.12. The summed E-state index contributed by atoms with van der Waals surface area (Å²) in [5, 5.41) is 13.3. The zero-order valence-corrected chi connectivity index (χ0v) is 14.8. The van der Waals surface area contributed by atoms with Crippen molar-refractivity contribution in [1.29, 1.82) is 0 Å². The lowest BCUT2D eigenvalue weighted by molar-refractivity contribution is -0.121. The van der Waals surface area contributed by atoms with Crippen LogP contribution in [0.3, 0.4) is 0 Å². The van der Waals surface area contributed by atoms with Gasteiger partial charge in [0.05, 0.1) is 10.9 Å². The normalized spacial score (nSPS) is 13.8. The average Bonchev–Trinajstić information content (AvgIpc) is 3.08. The Morgan fingerprint density at radius 1 is 1.38 bits per heavy atom. The van der Waals surface area contributed by atoms with Crippen LogP contribution in [0.15, 0.2) is 30.5 Å². The summed E-state index contributed by atoms with van der Waals surface area (Å²) >= 11 is 12.3. The highest BCUT2D eigenvalue weighted by atomic mass is 35.5. The fourth-order valence-corrected chi connectivity index (χ4v) is 2.99. The molecule has 0 bridgehead atoms. The molecule has 0 spiro atoms. The van der Waals surface area contributed by atoms with E-state index in [2.05, 4.69) is 10.3 Å². The summed E-state index contributed by atoms with van der Waals surface area (Å²) < 4.78 is 13.1. The molecule has 0 aliphatic rings. The second kappa shape index (κ2) is 8.73. The first-order valence-corrected chi connectivity index (χ1v) is 8.72. The van der Waals surface area contributed by atoms with E-state index in [-0.39, 0.29) is 0 Å². The van der Waals surface area contributed by atoms with Crippen molar-refractivity contribution >= 4 is 40.4 Å². The fourth-order valence-electron chi connectivity index (χ4n) is 2.06. The van der Waals surface area contributed by atoms with Gasteiger partial charge in [0.25, 0.3) is 5.91 Å². The number of nitrogens with two attached hydrogens (primary N) is 1. The van der Waals surface area contributed by atoms with Crippen LogP contribution in [0, 0.1) is 0 Å². The molecule has 2 aromatic rings. The molecule has 0 radical (unpaired) electrons. The predicted molar refractivity (Wildman–Crippen MR) is 93.8 cm³/mol. The van der Waals surface area contributed by atoms with Crippen molar-refractivity contribution in [3.8, 4) is 10.4 Å². The Morgan fingerprint density at radius 3 is 2.54 bits per heavy atom. The Bertz CT molecular complexity index is 682. The molecule has 0 aliphatic heterocycles. The van der Waals surface area contributed by atoms with E-state index in [4.69, 9.17) is 28.9 Å². The molecule has 0 unspecified atom stereocenters. The zero-order valence-electron chi connectivity index (χ0n) is 12.5. The predicted octanol–water partition coefficient (Wildman–Crippen LogP) is 2.56. The molecule has 24 heavy (non-hydrogen) atoms. The number of aliphatic hydroxyl groups is 1. The van der Waals surface area contributed by atoms with Crippen LogP contribution >= 0.6 is 34.5 Å². The number of aromatic nitrogens is 1. The molecule has 1 aromatic carbocycles. The van der Waals surface area contributed by atoms with Crippen LogP contribution in [0.5, 0.6) is 0 Å². The monoisotopic (exact) mass is 391 g/mol. The maximum atomic E-state index is 13.1. The van der Waals surface area contributed by atoms with Crippen molar-refractivity contribution in [1.82, 2.24) is 10.3 Å². The number of carbonyl (C=O) groups is 1. The number of amides is 1. The smallest absolute Gasteiger partial charge is 0.253 e. The van der Waals surface area contributed by atoms with Gasteiger partial charge in [-0.2, -0.15) is 0 Å². The molecule has 1 amide bonds. The van der Waals surface area contributed by atoms with Crippen LogP contribution in [-0.4, -0.2) is 33.6 Å². The molecule has 1 aromatic heterocycles. The van der Waals surface area contributed by atoms with Gasteiger partial charge in [-0.1, -0.05) is 47.5 Å². The zero-order chi connectivity index (χ0) is 17.7. The number of hydrogen-bond acceptors (Lipinski definition) is 5. The van der Waals surface area contributed by atoms with E-state index >= 15 is 0 Å². The number of carbonyl (C=O) groups excluding carboxylic acids is 1. The van der Waals surface area contributed by atoms with Gasteiger partial charge in [-0.05, 0) is 11.1 Å². The lowest BCUT2D eigenvalue weighted by Gasteiger charge is -2.22. The standard InChI is InChI=1S/C15H16Cl2FN3O2S/c16-14(17)15(23)21-10(5-18)13(22)9-3-1-8(2-4-9)11-7-20-12(6-19)24-11/h1-4,7,10,13-14,22H,5-6,19H2,(H,21,23)/t10-,13-/m1/s1. The Morgan fingerprint density at radius 2 is 2.04 bits per heavy atom. The van der Waals surface area contributed by atoms with E-state index in [9.17, 15) is 14.3 Å². The summed E-state index contributed by atoms with van der Waals surface area (Å²) in [6, 6.07) is 5.77. The van der Waals surface area contributed by atoms with E-state index in [1.165, 1.54) is 11.3 Å². The number of alkyl halides is 3. The molecule has 2 atom stereocenters. The molecule has 2 rings (SSSR count). The van der Waals surface area contributed by atoms with Gasteiger partial charge >= 0.3 is 0 Å². The highest BCUT2D eigenvalue weighted by Gasteiger charge is 2.25. The second-order valence-electron chi connectivity index (χ2n) is 4.96. The summed E-state index contributed by atoms with van der Waals surface area (Å²) in [6.45, 7) is -0.578. The van der Waals surface area contributed by atoms with Crippen molar-refractivity contribution in [2.24, 2.45) is 5.73 Å². The summed E-state index contributed by atoms with van der Waals surface area (Å²) in [6.07, 6.45) is 0.505. The van der Waals surface area contributed by atoms with Crippen LogP contribution in [-0.2, 0) is 11.3 Å². The van der Waals surface area contributed by atoms with Crippen molar-refractivity contribution in [3.05, 3.63) is 41.0 Å². The van der Waals surface area contributed by atoms with Crippen molar-refractivity contribution in [3.63, 3.8) is 0 Å². The Kier molecular flexibility index (Phi) is 6.94. The third kappa shape index (κ3) is 4.64. The highest BCUT2D eigenvalue weighted by molar-refractivity contribution is 7.15. The van der Waals surface area contributed by atoms with Gasteiger partial charge in [0.2, 0.25) is 0 Å². The van der Waals surface area contributed by atoms with Crippen LogP contribution in [0.25, 0.3) is 10.4 Å². The van der Waals surface area contributed by atoms with Crippen LogP contribution in [0.4, 0.5) is 4.39 Å². The molecule has 1 heterocycles. The van der Waals surface area contributed by atoms with E-state index in [1.807, 2.05) is 0 Å². The molecule has 9 heteroatoms. The molecule has 130 valence electrons. The first-order valence-electron chi connectivity index (χ1n) is 7.04. The van der Waals surface area contributed by atoms with Crippen molar-refractivity contribution in [2.75, 3.05) is 6.67 Å². The van der Waals surface area contributed by atoms with Gasteiger partial charge in [0.15, 0.2) is 4.84 Å². The van der Waals surface area contributed by atoms with Gasteiger partial charge in [-0.3, -0.25) is 4.79 Å². The molecule has 4 N–H and O–H groups in total. The SMILES string of the molecule is NCc1ncc(-c2ccc([C@@H](O)[C@@H](CF)NC(=O)C(Cl)Cl)cc2)s1. The van der Waals surface area contributed by atoms with Gasteiger partial charge in [0, 0.05) is 12.7 Å². The molecular formula is C15H16Cl2FN3O2S. The average molecular weight is 392 g/mol. The molecule has 0 saturated heterocycles. The molecule has 0 saturated carbocycles. The minimum Gasteiger partial charge on any atom is -0.386 e. The first kappa shape index (κ1) is 19.1. The number of aliphatic hydroxyl groups excluding tert-OH is 1. The molecule has 0 aliphatic carbocycles. The van der Waals surface area contributed by atoms with Crippen LogP contribution < -0.4 is 11.1 Å². The van der Waals surface area contributed by atoms with Crippen LogP contribution in [0.2, 0.25) is 0 Å². The maximum absolute atomic E-state index is 13.1. The Labute approximate surface area is 152 Å². The number of thiazole rings is 1. The number of benzene rings is 1. The summed E-state index contributed by atoms with van der Waals surface area (Å²) in [5.74, 6) is -0.754. The van der Waals surface area contributed by atoms with E-state index in [1.54, 1.807) is 30.5 Å². The fraction of sp³-hybridized carbons (Fsp3) is 0.333. The number of nitrogens with zero attached hydrogens (tertiary/aromatic N) is 1. The van der Waals surface area contributed by atoms with Crippen molar-refractivity contribution in [2.45, 2.75) is 23.5 Å². The Hall–Kier alpha value is -1.25. The third-order valence-corrected chi connectivity index (χ3v) is 4.80. The lowest BCUT2D eigenvalue weighted by Crippen LogP contribution is -2.43. The van der Waals surface area contributed by atoms with E-state index < -0.39 is 29.6 Å². The third-order valence-electron chi connectivity index (χ3n) is 3.34. The summed E-state index contributed by atoms with van der Waals surface area (Å²) in [4.78, 5) is 15.3. The van der Waals surface area contributed by atoms with Crippen molar-refractivity contribution < 1.29 is 14.3 Å². The molecular weight excluding hydrogens is 376 g/mol.